The molecule has 2 aromatic rings. The minimum atomic E-state index is -4.37. The zero-order chi connectivity index (χ0) is 18.7. The van der Waals surface area contributed by atoms with E-state index in [1.165, 1.54) is 36.3 Å². The van der Waals surface area contributed by atoms with Crippen LogP contribution in [0.2, 0.25) is 0 Å². The lowest BCUT2D eigenvalue weighted by molar-refractivity contribution is -0.137. The number of benzene rings is 1. The van der Waals surface area contributed by atoms with Crippen molar-refractivity contribution in [3.05, 3.63) is 45.7 Å². The fraction of sp³-hybridized carbons (Fsp3) is 0.444. The van der Waals surface area contributed by atoms with Crippen LogP contribution in [0.3, 0.4) is 0 Å². The van der Waals surface area contributed by atoms with Crippen molar-refractivity contribution in [1.29, 1.82) is 0 Å². The minimum absolute atomic E-state index is 0.417. The van der Waals surface area contributed by atoms with E-state index >= 15 is 0 Å². The molecule has 1 aliphatic rings. The van der Waals surface area contributed by atoms with Gasteiger partial charge in [0, 0.05) is 23.3 Å². The molecule has 0 spiro atoms. The summed E-state index contributed by atoms with van der Waals surface area (Å²) in [6.07, 6.45) is 2.05. The van der Waals surface area contributed by atoms with E-state index in [-0.39, 0.29) is 0 Å². The monoisotopic (exact) mass is 383 g/mol. The van der Waals surface area contributed by atoms with E-state index in [0.717, 1.165) is 29.9 Å². The number of thiazole rings is 1. The van der Waals surface area contributed by atoms with Gasteiger partial charge in [0.15, 0.2) is 4.80 Å². The van der Waals surface area contributed by atoms with Crippen LogP contribution in [0.1, 0.15) is 36.1 Å². The molecule has 1 saturated carbocycles. The van der Waals surface area contributed by atoms with Gasteiger partial charge in [0.05, 0.1) is 5.56 Å². The highest BCUT2D eigenvalue weighted by atomic mass is 32.1. The molecule has 1 aromatic carbocycles. The van der Waals surface area contributed by atoms with Crippen LogP contribution < -0.4 is 10.1 Å². The van der Waals surface area contributed by atoms with Crippen molar-refractivity contribution in [1.82, 2.24) is 9.88 Å². The topological polar surface area (TPSA) is 46.4 Å². The van der Waals surface area contributed by atoms with Gasteiger partial charge in [0.1, 0.15) is 0 Å². The fourth-order valence-corrected chi connectivity index (χ4v) is 3.93. The Morgan fingerprint density at radius 1 is 1.27 bits per heavy atom. The molecular formula is C18H20F3N3OS. The maximum atomic E-state index is 12.7. The number of rotatable bonds is 3. The molecule has 0 saturated heterocycles. The van der Waals surface area contributed by atoms with Crippen molar-refractivity contribution in [2.75, 3.05) is 6.54 Å². The first-order valence-electron chi connectivity index (χ1n) is 8.52. The van der Waals surface area contributed by atoms with Crippen molar-refractivity contribution in [3.63, 3.8) is 0 Å². The largest absolute Gasteiger partial charge is 0.416 e. The molecule has 140 valence electrons. The van der Waals surface area contributed by atoms with Crippen molar-refractivity contribution in [3.8, 4) is 5.69 Å². The van der Waals surface area contributed by atoms with Gasteiger partial charge >= 0.3 is 12.2 Å². The van der Waals surface area contributed by atoms with Gasteiger partial charge in [-0.05, 0) is 49.9 Å². The molecule has 1 aliphatic carbocycles. The molecule has 1 N–H and O–H groups in total. The van der Waals surface area contributed by atoms with Gasteiger partial charge in [0.25, 0.3) is 0 Å². The predicted octanol–water partition coefficient (Wildman–Crippen LogP) is 4.67. The summed E-state index contributed by atoms with van der Waals surface area (Å²) in [6, 6.07) is 4.40. The summed E-state index contributed by atoms with van der Waals surface area (Å²) in [5.41, 5.74) is -0.175. The van der Waals surface area contributed by atoms with Gasteiger partial charge in [-0.15, -0.1) is 11.3 Å². The Morgan fingerprint density at radius 3 is 2.54 bits per heavy atom. The van der Waals surface area contributed by atoms with E-state index in [2.05, 4.69) is 10.3 Å². The fourth-order valence-electron chi connectivity index (χ4n) is 3.10. The first-order valence-corrected chi connectivity index (χ1v) is 9.34. The van der Waals surface area contributed by atoms with Crippen LogP contribution in [0.25, 0.3) is 5.69 Å². The Hall–Kier alpha value is -2.09. The van der Waals surface area contributed by atoms with Gasteiger partial charge in [-0.1, -0.05) is 12.8 Å². The molecule has 1 aromatic heterocycles. The summed E-state index contributed by atoms with van der Waals surface area (Å²) in [4.78, 5) is 17.6. The maximum absolute atomic E-state index is 12.7. The van der Waals surface area contributed by atoms with Crippen LogP contribution in [-0.2, 0) is 6.18 Å². The highest BCUT2D eigenvalue weighted by Gasteiger charge is 2.30. The second-order valence-electron chi connectivity index (χ2n) is 6.49. The lowest BCUT2D eigenvalue weighted by Gasteiger charge is -2.09. The van der Waals surface area contributed by atoms with Crippen LogP contribution >= 0.6 is 11.3 Å². The van der Waals surface area contributed by atoms with Crippen LogP contribution in [0, 0.1) is 12.8 Å². The molecular weight excluding hydrogens is 363 g/mol. The van der Waals surface area contributed by atoms with Crippen LogP contribution in [0.4, 0.5) is 18.0 Å². The third-order valence-corrected chi connectivity index (χ3v) is 5.35. The van der Waals surface area contributed by atoms with Crippen LogP contribution in [0.15, 0.2) is 35.5 Å². The minimum Gasteiger partial charge on any atom is -0.336 e. The number of nitrogens with zero attached hydrogens (tertiary/aromatic N) is 2. The molecule has 3 rings (SSSR count). The van der Waals surface area contributed by atoms with E-state index in [1.807, 2.05) is 6.92 Å². The van der Waals surface area contributed by atoms with Gasteiger partial charge in [-0.3, -0.25) is 4.57 Å². The SMILES string of the molecule is Cc1cn(-c2ccc(C(F)(F)F)cc2)/c(=N/C(=O)NCC2CCCC2)s1. The van der Waals surface area contributed by atoms with Crippen LogP contribution in [0.5, 0.6) is 0 Å². The number of hydrogen-bond donors (Lipinski definition) is 1. The van der Waals surface area contributed by atoms with Gasteiger partial charge in [-0.25, -0.2) is 4.79 Å². The Morgan fingerprint density at radius 2 is 1.92 bits per heavy atom. The summed E-state index contributed by atoms with van der Waals surface area (Å²) in [6.45, 7) is 2.48. The number of halogens is 3. The standard InChI is InChI=1S/C18H20F3N3OS/c1-12-11-24(15-8-6-14(7-9-15)18(19,20)21)17(26-12)23-16(25)22-10-13-4-2-3-5-13/h6-9,11,13H,2-5,10H2,1H3,(H,22,25)/b23-17-. The van der Waals surface area contributed by atoms with Gasteiger partial charge < -0.3 is 5.32 Å². The summed E-state index contributed by atoms with van der Waals surface area (Å²) in [7, 11) is 0. The Kier molecular flexibility index (Phi) is 5.50. The summed E-state index contributed by atoms with van der Waals surface area (Å²) in [5.74, 6) is 0.515. The summed E-state index contributed by atoms with van der Waals surface area (Å²) >= 11 is 1.32. The lowest BCUT2D eigenvalue weighted by Crippen LogP contribution is -2.28. The average molecular weight is 383 g/mol. The number of amides is 2. The van der Waals surface area contributed by atoms with Gasteiger partial charge in [0.2, 0.25) is 0 Å². The van der Waals surface area contributed by atoms with E-state index in [9.17, 15) is 18.0 Å². The lowest BCUT2D eigenvalue weighted by atomic mass is 10.1. The number of carbonyl (C=O) groups is 1. The zero-order valence-corrected chi connectivity index (χ0v) is 15.2. The number of nitrogens with one attached hydrogen (secondary N) is 1. The molecule has 8 heteroatoms. The number of aryl methyl sites for hydroxylation is 1. The number of alkyl halides is 3. The number of urea groups is 1. The first kappa shape index (κ1) is 18.7. The normalized spacial score (nSPS) is 16.2. The zero-order valence-electron chi connectivity index (χ0n) is 14.3. The Bertz CT molecular complexity index is 831. The second-order valence-corrected chi connectivity index (χ2v) is 7.70. The maximum Gasteiger partial charge on any atom is 0.416 e. The molecule has 0 radical (unpaired) electrons. The molecule has 4 nitrogen and oxygen atoms in total. The molecule has 0 atom stereocenters. The molecule has 1 fully saturated rings. The number of aromatic nitrogens is 1. The van der Waals surface area contributed by atoms with Crippen LogP contribution in [-0.4, -0.2) is 17.1 Å². The summed E-state index contributed by atoms with van der Waals surface area (Å²) in [5, 5.41) is 2.83. The Labute approximate surface area is 153 Å². The number of hydrogen-bond acceptors (Lipinski definition) is 2. The van der Waals surface area contributed by atoms with Crippen molar-refractivity contribution in [2.24, 2.45) is 10.9 Å². The highest BCUT2D eigenvalue weighted by molar-refractivity contribution is 7.09. The quantitative estimate of drug-likeness (QED) is 0.823. The molecule has 0 aliphatic heterocycles. The first-order chi connectivity index (χ1) is 12.3. The van der Waals surface area contributed by atoms with Crippen molar-refractivity contribution in [2.45, 2.75) is 38.8 Å². The molecule has 0 unspecified atom stereocenters. The van der Waals surface area contributed by atoms with Crippen molar-refractivity contribution >= 4 is 17.4 Å². The third kappa shape index (κ3) is 4.55. The van der Waals surface area contributed by atoms with E-state index in [4.69, 9.17) is 0 Å². The summed E-state index contributed by atoms with van der Waals surface area (Å²) < 4.78 is 39.8. The van der Waals surface area contributed by atoms with E-state index in [0.29, 0.717) is 23.0 Å². The smallest absolute Gasteiger partial charge is 0.336 e. The molecule has 26 heavy (non-hydrogen) atoms. The van der Waals surface area contributed by atoms with Gasteiger partial charge in [-0.2, -0.15) is 18.2 Å². The Balaban J connectivity index is 1.79. The average Bonchev–Trinajstić information content (AvgIpc) is 3.22. The molecule has 2 amide bonds. The molecule has 1 heterocycles. The van der Waals surface area contributed by atoms with E-state index in [1.54, 1.807) is 10.8 Å². The molecule has 0 bridgehead atoms. The van der Waals surface area contributed by atoms with Crippen molar-refractivity contribution < 1.29 is 18.0 Å². The second kappa shape index (κ2) is 7.65. The highest BCUT2D eigenvalue weighted by Crippen LogP contribution is 2.29. The van der Waals surface area contributed by atoms with E-state index < -0.39 is 17.8 Å². The number of carbonyl (C=O) groups excluding carboxylic acids is 1. The predicted molar refractivity (Wildman–Crippen MR) is 94.3 cm³/mol. The third-order valence-electron chi connectivity index (χ3n) is 4.46.